The van der Waals surface area contributed by atoms with Crippen LogP contribution < -0.4 is 4.74 Å². The largest absolute Gasteiger partial charge is 0.496 e. The van der Waals surface area contributed by atoms with Crippen LogP contribution in [-0.4, -0.2) is 36.7 Å². The van der Waals surface area contributed by atoms with Gasteiger partial charge in [0.15, 0.2) is 0 Å². The maximum absolute atomic E-state index is 5.79. The van der Waals surface area contributed by atoms with Crippen molar-refractivity contribution in [2.45, 2.75) is 39.2 Å². The second-order valence-corrected chi connectivity index (χ2v) is 8.47. The minimum Gasteiger partial charge on any atom is -0.496 e. The van der Waals surface area contributed by atoms with Gasteiger partial charge in [0.1, 0.15) is 5.75 Å². The molecule has 166 valence electrons. The van der Waals surface area contributed by atoms with Crippen molar-refractivity contribution in [1.29, 1.82) is 0 Å². The number of rotatable bonds is 6. The molecule has 0 spiro atoms. The summed E-state index contributed by atoms with van der Waals surface area (Å²) in [5.41, 5.74) is 7.09. The number of benzene rings is 1. The molecular weight excluding hydrogens is 416 g/mol. The first-order chi connectivity index (χ1) is 16.1. The van der Waals surface area contributed by atoms with E-state index in [0.29, 0.717) is 30.0 Å². The number of methoxy groups -OCH3 is 1. The number of nitrogens with zero attached hydrogens (tertiary/aromatic N) is 6. The molecule has 5 aromatic rings. The molecule has 4 heterocycles. The maximum atomic E-state index is 5.79. The first-order valence-corrected chi connectivity index (χ1v) is 11.2. The molecular formula is C25H24N6O2. The molecule has 8 nitrogen and oxygen atoms in total. The summed E-state index contributed by atoms with van der Waals surface area (Å²) in [6, 6.07) is 8.91. The van der Waals surface area contributed by atoms with Crippen molar-refractivity contribution < 1.29 is 9.15 Å². The Hall–Kier alpha value is -3.94. The number of aromatic nitrogens is 6. The lowest BCUT2D eigenvalue weighted by Gasteiger charge is -2.11. The first kappa shape index (κ1) is 19.7. The lowest BCUT2D eigenvalue weighted by atomic mass is 9.99. The summed E-state index contributed by atoms with van der Waals surface area (Å²) < 4.78 is 15.5. The minimum absolute atomic E-state index is 0.476. The van der Waals surface area contributed by atoms with Crippen LogP contribution in [0, 0.1) is 6.92 Å². The number of aryl methyl sites for hydroxylation is 2. The predicted octanol–water partition coefficient (Wildman–Crippen LogP) is 5.13. The molecule has 0 radical (unpaired) electrons. The normalized spacial score (nSPS) is 13.7. The van der Waals surface area contributed by atoms with E-state index in [4.69, 9.17) is 9.15 Å². The minimum atomic E-state index is 0.476. The lowest BCUT2D eigenvalue weighted by molar-refractivity contribution is 0.413. The van der Waals surface area contributed by atoms with E-state index >= 15 is 0 Å². The topological polar surface area (TPSA) is 83.3 Å². The number of pyridine rings is 1. The lowest BCUT2D eigenvalue weighted by Crippen LogP contribution is -1.94. The van der Waals surface area contributed by atoms with Gasteiger partial charge >= 0.3 is 0 Å². The van der Waals surface area contributed by atoms with Crippen molar-refractivity contribution >= 4 is 5.52 Å². The average molecular weight is 441 g/mol. The van der Waals surface area contributed by atoms with Crippen molar-refractivity contribution in [3.63, 3.8) is 0 Å². The molecule has 1 aliphatic rings. The van der Waals surface area contributed by atoms with Crippen molar-refractivity contribution in [3.8, 4) is 39.5 Å². The zero-order chi connectivity index (χ0) is 22.5. The third-order valence-corrected chi connectivity index (χ3v) is 6.19. The van der Waals surface area contributed by atoms with E-state index in [1.54, 1.807) is 7.11 Å². The molecule has 0 aliphatic heterocycles. The Kier molecular flexibility index (Phi) is 4.53. The second kappa shape index (κ2) is 7.58. The van der Waals surface area contributed by atoms with E-state index in [-0.39, 0.29) is 0 Å². The van der Waals surface area contributed by atoms with E-state index < -0.39 is 0 Å². The summed E-state index contributed by atoms with van der Waals surface area (Å²) in [6.45, 7) is 4.01. The van der Waals surface area contributed by atoms with Crippen LogP contribution in [0.1, 0.15) is 37.3 Å². The quantitative estimate of drug-likeness (QED) is 0.364. The van der Waals surface area contributed by atoms with Crippen LogP contribution in [0.25, 0.3) is 39.2 Å². The molecule has 1 aliphatic carbocycles. The van der Waals surface area contributed by atoms with Crippen molar-refractivity contribution in [1.82, 2.24) is 29.6 Å². The number of hydrogen-bond donors (Lipinski definition) is 0. The molecule has 1 fully saturated rings. The van der Waals surface area contributed by atoms with Crippen molar-refractivity contribution in [2.24, 2.45) is 0 Å². The highest BCUT2D eigenvalue weighted by Crippen LogP contribution is 2.38. The SMILES string of the molecule is CCc1nnc(-c2c(C)cc(-c3cnn4cc(-c5cnn(C6CC6)c5)ccc34)cc2OC)o1. The summed E-state index contributed by atoms with van der Waals surface area (Å²) in [7, 11) is 1.66. The van der Waals surface area contributed by atoms with Gasteiger partial charge in [0.2, 0.25) is 5.89 Å². The standard InChI is InChI=1S/C25H24N6O2/c1-4-23-28-29-25(33-23)24-15(2)9-17(10-22(24)32-3)20-12-27-31-13-16(5-8-21(20)31)18-11-26-30(14-18)19-6-7-19/h5,8-14,19H,4,6-7H2,1-3H3. The third kappa shape index (κ3) is 3.38. The molecule has 33 heavy (non-hydrogen) atoms. The van der Waals surface area contributed by atoms with Crippen molar-refractivity contribution in [2.75, 3.05) is 7.11 Å². The maximum Gasteiger partial charge on any atom is 0.251 e. The molecule has 0 amide bonds. The Morgan fingerprint density at radius 3 is 2.67 bits per heavy atom. The molecule has 8 heteroatoms. The van der Waals surface area contributed by atoms with Gasteiger partial charge < -0.3 is 9.15 Å². The monoisotopic (exact) mass is 440 g/mol. The van der Waals surface area contributed by atoms with Crippen molar-refractivity contribution in [3.05, 3.63) is 60.5 Å². The Bertz CT molecular complexity index is 1470. The summed E-state index contributed by atoms with van der Waals surface area (Å²) in [5.74, 6) is 1.78. The number of ether oxygens (including phenoxy) is 1. The van der Waals surface area contributed by atoms with E-state index in [1.165, 1.54) is 12.8 Å². The fraction of sp³-hybridized carbons (Fsp3) is 0.280. The van der Waals surface area contributed by atoms with Crippen LogP contribution in [-0.2, 0) is 6.42 Å². The Morgan fingerprint density at radius 1 is 1.03 bits per heavy atom. The van der Waals surface area contributed by atoms with Gasteiger partial charge in [0.25, 0.3) is 5.89 Å². The van der Waals surface area contributed by atoms with E-state index in [2.05, 4.69) is 55.7 Å². The number of hydrogen-bond acceptors (Lipinski definition) is 6. The van der Waals surface area contributed by atoms with E-state index in [0.717, 1.165) is 38.9 Å². The fourth-order valence-corrected chi connectivity index (χ4v) is 4.25. The molecule has 0 saturated heterocycles. The second-order valence-electron chi connectivity index (χ2n) is 8.47. The summed E-state index contributed by atoms with van der Waals surface area (Å²) in [6.07, 6.45) is 11.1. The summed E-state index contributed by atoms with van der Waals surface area (Å²) in [4.78, 5) is 0. The van der Waals surface area contributed by atoms with Gasteiger partial charge in [-0.3, -0.25) is 4.68 Å². The zero-order valence-corrected chi connectivity index (χ0v) is 18.8. The third-order valence-electron chi connectivity index (χ3n) is 6.19. The van der Waals surface area contributed by atoms with Gasteiger partial charge in [-0.05, 0) is 43.0 Å². The van der Waals surface area contributed by atoms with Crippen LogP contribution in [0.4, 0.5) is 0 Å². The zero-order valence-electron chi connectivity index (χ0n) is 18.8. The highest BCUT2D eigenvalue weighted by atomic mass is 16.5. The molecule has 0 bridgehead atoms. The summed E-state index contributed by atoms with van der Waals surface area (Å²) >= 11 is 0. The average Bonchev–Trinajstić information content (AvgIpc) is 3.24. The highest BCUT2D eigenvalue weighted by molar-refractivity contribution is 5.84. The number of fused-ring (bicyclic) bond motifs is 1. The van der Waals surface area contributed by atoms with Crippen LogP contribution in [0.15, 0.2) is 53.5 Å². The van der Waals surface area contributed by atoms with E-state index in [1.807, 2.05) is 36.8 Å². The molecule has 0 atom stereocenters. The molecule has 1 aromatic carbocycles. The van der Waals surface area contributed by atoms with Gasteiger partial charge in [-0.25, -0.2) is 4.52 Å². The Morgan fingerprint density at radius 2 is 1.91 bits per heavy atom. The molecule has 1 saturated carbocycles. The Labute approximate surface area is 190 Å². The molecule has 4 aromatic heterocycles. The highest BCUT2D eigenvalue weighted by Gasteiger charge is 2.24. The first-order valence-electron chi connectivity index (χ1n) is 11.2. The predicted molar refractivity (Wildman–Crippen MR) is 124 cm³/mol. The molecule has 0 N–H and O–H groups in total. The van der Waals surface area contributed by atoms with Crippen LogP contribution in [0.2, 0.25) is 0 Å². The van der Waals surface area contributed by atoms with Crippen LogP contribution >= 0.6 is 0 Å². The van der Waals surface area contributed by atoms with Gasteiger partial charge in [0, 0.05) is 35.5 Å². The fourth-order valence-electron chi connectivity index (χ4n) is 4.25. The van der Waals surface area contributed by atoms with Crippen LogP contribution in [0.3, 0.4) is 0 Å². The van der Waals surface area contributed by atoms with E-state index in [9.17, 15) is 0 Å². The summed E-state index contributed by atoms with van der Waals surface area (Å²) in [5, 5.41) is 17.4. The smallest absolute Gasteiger partial charge is 0.251 e. The van der Waals surface area contributed by atoms with Crippen LogP contribution in [0.5, 0.6) is 5.75 Å². The molecule has 6 rings (SSSR count). The Balaban J connectivity index is 1.39. The van der Waals surface area contributed by atoms with Gasteiger partial charge in [0.05, 0.1) is 36.6 Å². The van der Waals surface area contributed by atoms with Gasteiger partial charge in [-0.1, -0.05) is 19.1 Å². The van der Waals surface area contributed by atoms with Gasteiger partial charge in [-0.15, -0.1) is 10.2 Å². The molecule has 0 unspecified atom stereocenters. The van der Waals surface area contributed by atoms with Gasteiger partial charge in [-0.2, -0.15) is 10.2 Å².